The highest BCUT2D eigenvalue weighted by molar-refractivity contribution is 6.11. The molecule has 0 fully saturated rings. The molecule has 0 aromatic heterocycles. The van der Waals surface area contributed by atoms with E-state index in [0.717, 1.165) is 17.2 Å². The molecule has 6 nitrogen and oxygen atoms in total. The number of aromatic hydroxyl groups is 2. The minimum Gasteiger partial charge on any atom is -0.508 e. The Morgan fingerprint density at radius 3 is 2.47 bits per heavy atom. The largest absolute Gasteiger partial charge is 0.508 e. The number of Topliss-reactive ketones (excluding diaryl/α,β-unsaturated/α-hetero) is 1. The van der Waals surface area contributed by atoms with Crippen LogP contribution < -0.4 is 4.90 Å². The van der Waals surface area contributed by atoms with Crippen LogP contribution in [-0.2, 0) is 16.9 Å². The van der Waals surface area contributed by atoms with Crippen molar-refractivity contribution in [2.24, 2.45) is 0 Å². The molecule has 3 aromatic rings. The predicted molar refractivity (Wildman–Crippen MR) is 111 cm³/mol. The summed E-state index contributed by atoms with van der Waals surface area (Å²) >= 11 is 0. The van der Waals surface area contributed by atoms with Gasteiger partial charge in [-0.2, -0.15) is 0 Å². The van der Waals surface area contributed by atoms with Gasteiger partial charge in [-0.05, 0) is 42.3 Å². The Bertz CT molecular complexity index is 1160. The van der Waals surface area contributed by atoms with Crippen molar-refractivity contribution in [2.45, 2.75) is 25.5 Å². The molecule has 0 spiro atoms. The van der Waals surface area contributed by atoms with E-state index in [-0.39, 0.29) is 23.6 Å². The highest BCUT2D eigenvalue weighted by Gasteiger charge is 2.51. The van der Waals surface area contributed by atoms with Crippen LogP contribution in [0.2, 0.25) is 0 Å². The third kappa shape index (κ3) is 3.21. The van der Waals surface area contributed by atoms with Crippen LogP contribution in [0.3, 0.4) is 0 Å². The molecule has 1 aliphatic rings. The number of nitrogens with zero attached hydrogens (tertiary/aromatic N) is 1. The van der Waals surface area contributed by atoms with Gasteiger partial charge >= 0.3 is 0 Å². The zero-order valence-corrected chi connectivity index (χ0v) is 16.4. The number of rotatable bonds is 5. The lowest BCUT2D eigenvalue weighted by atomic mass is 9.88. The quantitative estimate of drug-likeness (QED) is 0.448. The molecule has 1 atom stereocenters. The molecule has 0 saturated heterocycles. The summed E-state index contributed by atoms with van der Waals surface area (Å²) in [6, 6.07) is 18.1. The van der Waals surface area contributed by atoms with Gasteiger partial charge in [0.2, 0.25) is 0 Å². The molecule has 152 valence electrons. The SMILES string of the molecule is Cc1ccccc1CN1C(=O)C(O)(CC(=O)c2cc(O)ccc2O)c2ccccc21. The van der Waals surface area contributed by atoms with Crippen molar-refractivity contribution >= 4 is 17.4 Å². The van der Waals surface area contributed by atoms with Crippen molar-refractivity contribution in [3.05, 3.63) is 89.0 Å². The van der Waals surface area contributed by atoms with Gasteiger partial charge in [0.15, 0.2) is 11.4 Å². The second-order valence-electron chi connectivity index (χ2n) is 7.50. The fourth-order valence-electron chi connectivity index (χ4n) is 3.87. The number of aryl methyl sites for hydroxylation is 1. The summed E-state index contributed by atoms with van der Waals surface area (Å²) in [6.07, 6.45) is -0.551. The number of carbonyl (C=O) groups excluding carboxylic acids is 2. The molecule has 3 aromatic carbocycles. The Morgan fingerprint density at radius 2 is 1.70 bits per heavy atom. The monoisotopic (exact) mass is 403 g/mol. The third-order valence-electron chi connectivity index (χ3n) is 5.53. The highest BCUT2D eigenvalue weighted by atomic mass is 16.3. The van der Waals surface area contributed by atoms with Gasteiger partial charge in [-0.15, -0.1) is 0 Å². The molecule has 1 unspecified atom stereocenters. The fraction of sp³-hybridized carbons (Fsp3) is 0.167. The Kier molecular flexibility index (Phi) is 4.79. The Hall–Kier alpha value is -3.64. The summed E-state index contributed by atoms with van der Waals surface area (Å²) in [4.78, 5) is 27.7. The van der Waals surface area contributed by atoms with Crippen LogP contribution in [0.4, 0.5) is 5.69 Å². The maximum atomic E-state index is 13.3. The maximum Gasteiger partial charge on any atom is 0.264 e. The molecule has 1 heterocycles. The first kappa shape index (κ1) is 19.7. The van der Waals surface area contributed by atoms with Gasteiger partial charge < -0.3 is 20.2 Å². The summed E-state index contributed by atoms with van der Waals surface area (Å²) in [5.74, 6) is -1.76. The number of aliphatic hydroxyl groups is 1. The van der Waals surface area contributed by atoms with E-state index in [0.29, 0.717) is 11.3 Å². The first-order valence-corrected chi connectivity index (χ1v) is 9.55. The van der Waals surface area contributed by atoms with Gasteiger partial charge in [0.1, 0.15) is 11.5 Å². The van der Waals surface area contributed by atoms with E-state index in [1.54, 1.807) is 24.3 Å². The van der Waals surface area contributed by atoms with Crippen molar-refractivity contribution in [3.8, 4) is 11.5 Å². The van der Waals surface area contributed by atoms with Crippen LogP contribution >= 0.6 is 0 Å². The molecule has 4 rings (SSSR count). The summed E-state index contributed by atoms with van der Waals surface area (Å²) in [5, 5.41) is 31.0. The molecule has 0 radical (unpaired) electrons. The van der Waals surface area contributed by atoms with Gasteiger partial charge in [0.05, 0.1) is 24.2 Å². The molecule has 1 aliphatic heterocycles. The van der Waals surface area contributed by atoms with Crippen molar-refractivity contribution in [1.29, 1.82) is 0 Å². The van der Waals surface area contributed by atoms with E-state index in [2.05, 4.69) is 0 Å². The predicted octanol–water partition coefficient (Wildman–Crippen LogP) is 3.41. The minimum atomic E-state index is -2.06. The zero-order chi connectivity index (χ0) is 21.5. The van der Waals surface area contributed by atoms with E-state index in [9.17, 15) is 24.9 Å². The van der Waals surface area contributed by atoms with Gasteiger partial charge in [0, 0.05) is 5.56 Å². The normalized spacial score (nSPS) is 17.8. The molecular weight excluding hydrogens is 382 g/mol. The molecule has 30 heavy (non-hydrogen) atoms. The smallest absolute Gasteiger partial charge is 0.264 e. The number of ketones is 1. The summed E-state index contributed by atoms with van der Waals surface area (Å²) < 4.78 is 0. The number of hydrogen-bond acceptors (Lipinski definition) is 5. The lowest BCUT2D eigenvalue weighted by Crippen LogP contribution is -2.41. The van der Waals surface area contributed by atoms with E-state index in [1.807, 2.05) is 31.2 Å². The standard InChI is InChI=1S/C24H21NO5/c1-15-6-2-3-7-16(15)14-25-20-9-5-4-8-19(20)24(30,23(25)29)13-22(28)18-12-17(26)10-11-21(18)27/h2-12,26-27,30H,13-14H2,1H3. The lowest BCUT2D eigenvalue weighted by molar-refractivity contribution is -0.136. The molecule has 0 saturated carbocycles. The van der Waals surface area contributed by atoms with E-state index in [1.165, 1.54) is 17.0 Å². The van der Waals surface area contributed by atoms with E-state index < -0.39 is 23.7 Å². The topological polar surface area (TPSA) is 98.1 Å². The van der Waals surface area contributed by atoms with Gasteiger partial charge in [-0.1, -0.05) is 42.5 Å². The number of carbonyl (C=O) groups is 2. The average molecular weight is 403 g/mol. The van der Waals surface area contributed by atoms with Crippen molar-refractivity contribution in [1.82, 2.24) is 0 Å². The second kappa shape index (κ2) is 7.31. The van der Waals surface area contributed by atoms with Crippen LogP contribution in [0.25, 0.3) is 0 Å². The number of fused-ring (bicyclic) bond motifs is 1. The van der Waals surface area contributed by atoms with Crippen LogP contribution in [0, 0.1) is 6.92 Å². The number of benzene rings is 3. The number of para-hydroxylation sites is 1. The molecule has 6 heteroatoms. The van der Waals surface area contributed by atoms with Crippen molar-refractivity contribution < 1.29 is 24.9 Å². The maximum absolute atomic E-state index is 13.3. The number of hydrogen-bond donors (Lipinski definition) is 3. The summed E-state index contributed by atoms with van der Waals surface area (Å²) in [5.41, 5.74) is 0.624. The Labute approximate surface area is 173 Å². The Balaban J connectivity index is 1.71. The van der Waals surface area contributed by atoms with Gasteiger partial charge in [0.25, 0.3) is 5.91 Å². The molecule has 0 bridgehead atoms. The van der Waals surface area contributed by atoms with Crippen LogP contribution in [-0.4, -0.2) is 27.0 Å². The second-order valence-corrected chi connectivity index (χ2v) is 7.50. The van der Waals surface area contributed by atoms with E-state index in [4.69, 9.17) is 0 Å². The number of amides is 1. The third-order valence-corrected chi connectivity index (χ3v) is 5.53. The lowest BCUT2D eigenvalue weighted by Gasteiger charge is -2.23. The Morgan fingerprint density at radius 1 is 1.00 bits per heavy atom. The molecular formula is C24H21NO5. The van der Waals surface area contributed by atoms with Gasteiger partial charge in [-0.3, -0.25) is 9.59 Å². The first-order valence-electron chi connectivity index (χ1n) is 9.55. The average Bonchev–Trinajstić information content (AvgIpc) is 2.93. The minimum absolute atomic E-state index is 0.147. The summed E-state index contributed by atoms with van der Waals surface area (Å²) in [7, 11) is 0. The summed E-state index contributed by atoms with van der Waals surface area (Å²) in [6.45, 7) is 2.21. The fourth-order valence-corrected chi connectivity index (χ4v) is 3.87. The highest BCUT2D eigenvalue weighted by Crippen LogP contribution is 2.44. The number of phenolic OH excluding ortho intramolecular Hbond substituents is 2. The van der Waals surface area contributed by atoms with Crippen LogP contribution in [0.15, 0.2) is 66.7 Å². The van der Waals surface area contributed by atoms with Crippen molar-refractivity contribution in [3.63, 3.8) is 0 Å². The van der Waals surface area contributed by atoms with Crippen LogP contribution in [0.5, 0.6) is 11.5 Å². The first-order chi connectivity index (χ1) is 14.3. The van der Waals surface area contributed by atoms with E-state index >= 15 is 0 Å². The molecule has 3 N–H and O–H groups in total. The molecule has 1 amide bonds. The zero-order valence-electron chi connectivity index (χ0n) is 16.4. The molecule has 0 aliphatic carbocycles. The number of anilines is 1. The van der Waals surface area contributed by atoms with Crippen LogP contribution in [0.1, 0.15) is 33.5 Å². The van der Waals surface area contributed by atoms with Crippen molar-refractivity contribution in [2.75, 3.05) is 4.90 Å². The van der Waals surface area contributed by atoms with Gasteiger partial charge in [-0.25, -0.2) is 0 Å². The number of phenols is 2.